The van der Waals surface area contributed by atoms with E-state index in [0.717, 1.165) is 30.0 Å². The maximum absolute atomic E-state index is 12.2. The van der Waals surface area contributed by atoms with E-state index in [-0.39, 0.29) is 11.8 Å². The van der Waals surface area contributed by atoms with Crippen LogP contribution in [0.5, 0.6) is 0 Å². The van der Waals surface area contributed by atoms with Gasteiger partial charge in [0.2, 0.25) is 5.91 Å². The maximum Gasteiger partial charge on any atom is 0.243 e. The Morgan fingerprint density at radius 1 is 0.917 bits per heavy atom. The van der Waals surface area contributed by atoms with Crippen LogP contribution < -0.4 is 5.43 Å². The SMILES string of the molecule is CC(=NNC(=O)C1CCCCC1)c1ccc(C2CCCCC2)cc1. The molecule has 3 heteroatoms. The number of rotatable bonds is 4. The Morgan fingerprint density at radius 2 is 1.50 bits per heavy atom. The highest BCUT2D eigenvalue weighted by atomic mass is 16.2. The van der Waals surface area contributed by atoms with Gasteiger partial charge in [0.15, 0.2) is 0 Å². The zero-order valence-electron chi connectivity index (χ0n) is 14.9. The molecule has 0 aliphatic heterocycles. The van der Waals surface area contributed by atoms with Gasteiger partial charge in [-0.25, -0.2) is 5.43 Å². The molecule has 130 valence electrons. The molecule has 0 heterocycles. The average Bonchev–Trinajstić information content (AvgIpc) is 2.67. The molecule has 0 aromatic heterocycles. The number of carbonyl (C=O) groups excluding carboxylic acids is 1. The number of hydrazone groups is 1. The molecule has 0 bridgehead atoms. The highest BCUT2D eigenvalue weighted by molar-refractivity contribution is 5.99. The number of hydrogen-bond acceptors (Lipinski definition) is 2. The molecule has 1 aromatic carbocycles. The molecule has 3 nitrogen and oxygen atoms in total. The molecule has 0 saturated heterocycles. The minimum Gasteiger partial charge on any atom is -0.273 e. The number of carbonyl (C=O) groups is 1. The van der Waals surface area contributed by atoms with Gasteiger partial charge >= 0.3 is 0 Å². The summed E-state index contributed by atoms with van der Waals surface area (Å²) in [6, 6.07) is 8.78. The van der Waals surface area contributed by atoms with Gasteiger partial charge in [-0.2, -0.15) is 5.10 Å². The summed E-state index contributed by atoms with van der Waals surface area (Å²) in [4.78, 5) is 12.2. The van der Waals surface area contributed by atoms with Crippen LogP contribution in [0.25, 0.3) is 0 Å². The first-order valence-corrected chi connectivity index (χ1v) is 9.68. The monoisotopic (exact) mass is 326 g/mol. The Hall–Kier alpha value is -1.64. The predicted octanol–water partition coefficient (Wildman–Crippen LogP) is 5.15. The number of hydrogen-bond donors (Lipinski definition) is 1. The molecular weight excluding hydrogens is 296 g/mol. The number of nitrogens with zero attached hydrogens (tertiary/aromatic N) is 1. The molecular formula is C21H30N2O. The van der Waals surface area contributed by atoms with Crippen molar-refractivity contribution in [3.05, 3.63) is 35.4 Å². The molecule has 2 fully saturated rings. The second kappa shape index (κ2) is 8.46. The second-order valence-electron chi connectivity index (χ2n) is 7.47. The topological polar surface area (TPSA) is 41.5 Å². The lowest BCUT2D eigenvalue weighted by Crippen LogP contribution is -2.29. The summed E-state index contributed by atoms with van der Waals surface area (Å²) in [6.07, 6.45) is 12.4. The quantitative estimate of drug-likeness (QED) is 0.603. The van der Waals surface area contributed by atoms with Gasteiger partial charge in [0.05, 0.1) is 5.71 Å². The fraction of sp³-hybridized carbons (Fsp3) is 0.619. The summed E-state index contributed by atoms with van der Waals surface area (Å²) >= 11 is 0. The van der Waals surface area contributed by atoms with E-state index in [1.807, 2.05) is 6.92 Å². The Bertz CT molecular complexity index is 564. The molecule has 0 radical (unpaired) electrons. The smallest absolute Gasteiger partial charge is 0.243 e. The molecule has 0 spiro atoms. The first-order chi connectivity index (χ1) is 11.7. The van der Waals surface area contributed by atoms with Crippen molar-refractivity contribution in [3.63, 3.8) is 0 Å². The van der Waals surface area contributed by atoms with Gasteiger partial charge in [0, 0.05) is 5.92 Å². The summed E-state index contributed by atoms with van der Waals surface area (Å²) in [5, 5.41) is 4.33. The van der Waals surface area contributed by atoms with E-state index >= 15 is 0 Å². The van der Waals surface area contributed by atoms with Crippen molar-refractivity contribution in [2.45, 2.75) is 77.0 Å². The normalized spacial score (nSPS) is 20.8. The fourth-order valence-electron chi connectivity index (χ4n) is 4.09. The van der Waals surface area contributed by atoms with Gasteiger partial charge in [-0.15, -0.1) is 0 Å². The summed E-state index contributed by atoms with van der Waals surface area (Å²) < 4.78 is 0. The van der Waals surface area contributed by atoms with Crippen LogP contribution in [0.2, 0.25) is 0 Å². The third-order valence-corrected chi connectivity index (χ3v) is 5.71. The molecule has 0 unspecified atom stereocenters. The standard InChI is InChI=1S/C21H30N2O/c1-16(22-23-21(24)20-10-6-3-7-11-20)17-12-14-19(15-13-17)18-8-4-2-5-9-18/h12-15,18,20H,2-11H2,1H3,(H,23,24). The highest BCUT2D eigenvalue weighted by Gasteiger charge is 2.20. The van der Waals surface area contributed by atoms with Gasteiger partial charge in [0.1, 0.15) is 0 Å². The van der Waals surface area contributed by atoms with Crippen LogP contribution in [0.1, 0.15) is 88.2 Å². The van der Waals surface area contributed by atoms with Crippen molar-refractivity contribution >= 4 is 11.6 Å². The maximum atomic E-state index is 12.2. The highest BCUT2D eigenvalue weighted by Crippen LogP contribution is 2.32. The molecule has 0 atom stereocenters. The largest absolute Gasteiger partial charge is 0.273 e. The van der Waals surface area contributed by atoms with Gasteiger partial charge < -0.3 is 0 Å². The van der Waals surface area contributed by atoms with E-state index in [0.29, 0.717) is 0 Å². The van der Waals surface area contributed by atoms with Gasteiger partial charge in [-0.3, -0.25) is 4.79 Å². The van der Waals surface area contributed by atoms with Crippen molar-refractivity contribution in [2.75, 3.05) is 0 Å². The predicted molar refractivity (Wildman–Crippen MR) is 99.2 cm³/mol. The van der Waals surface area contributed by atoms with Crippen molar-refractivity contribution < 1.29 is 4.79 Å². The lowest BCUT2D eigenvalue weighted by Gasteiger charge is -2.22. The lowest BCUT2D eigenvalue weighted by atomic mass is 9.84. The Labute approximate surface area is 145 Å². The van der Waals surface area contributed by atoms with E-state index in [1.54, 1.807) is 0 Å². The molecule has 2 aliphatic carbocycles. The summed E-state index contributed by atoms with van der Waals surface area (Å²) in [7, 11) is 0. The number of nitrogens with one attached hydrogen (secondary N) is 1. The zero-order valence-corrected chi connectivity index (χ0v) is 14.9. The lowest BCUT2D eigenvalue weighted by molar-refractivity contribution is -0.125. The Kier molecular flexibility index (Phi) is 6.06. The molecule has 3 rings (SSSR count). The Balaban J connectivity index is 1.57. The van der Waals surface area contributed by atoms with Crippen LogP contribution >= 0.6 is 0 Å². The van der Waals surface area contributed by atoms with E-state index in [1.165, 1.54) is 56.9 Å². The van der Waals surface area contributed by atoms with Crippen molar-refractivity contribution in [1.29, 1.82) is 0 Å². The average molecular weight is 326 g/mol. The van der Waals surface area contributed by atoms with Crippen LogP contribution in [0, 0.1) is 5.92 Å². The fourth-order valence-corrected chi connectivity index (χ4v) is 4.09. The first kappa shape index (κ1) is 17.2. The van der Waals surface area contributed by atoms with Gasteiger partial charge in [-0.1, -0.05) is 62.8 Å². The minimum absolute atomic E-state index is 0.0906. The summed E-state index contributed by atoms with van der Waals surface area (Å²) in [5.41, 5.74) is 6.21. The van der Waals surface area contributed by atoms with Crippen molar-refractivity contribution in [3.8, 4) is 0 Å². The summed E-state index contributed by atoms with van der Waals surface area (Å²) in [6.45, 7) is 1.97. The second-order valence-corrected chi connectivity index (χ2v) is 7.47. The molecule has 24 heavy (non-hydrogen) atoms. The minimum atomic E-state index is 0.0906. The zero-order chi connectivity index (χ0) is 16.8. The van der Waals surface area contributed by atoms with Gasteiger partial charge in [-0.05, 0) is 49.7 Å². The third-order valence-electron chi connectivity index (χ3n) is 5.71. The Morgan fingerprint density at radius 3 is 2.12 bits per heavy atom. The molecule has 1 aromatic rings. The van der Waals surface area contributed by atoms with Crippen LogP contribution in [-0.4, -0.2) is 11.6 Å². The number of amides is 1. The first-order valence-electron chi connectivity index (χ1n) is 9.68. The van der Waals surface area contributed by atoms with E-state index in [4.69, 9.17) is 0 Å². The molecule has 2 saturated carbocycles. The molecule has 1 N–H and O–H groups in total. The van der Waals surface area contributed by atoms with E-state index < -0.39 is 0 Å². The van der Waals surface area contributed by atoms with E-state index in [2.05, 4.69) is 34.8 Å². The third kappa shape index (κ3) is 4.46. The number of benzene rings is 1. The van der Waals surface area contributed by atoms with Crippen molar-refractivity contribution in [1.82, 2.24) is 5.43 Å². The van der Waals surface area contributed by atoms with Crippen LogP contribution in [0.4, 0.5) is 0 Å². The van der Waals surface area contributed by atoms with Crippen LogP contribution in [0.3, 0.4) is 0 Å². The van der Waals surface area contributed by atoms with Crippen LogP contribution in [-0.2, 0) is 4.79 Å². The summed E-state index contributed by atoms with van der Waals surface area (Å²) in [5.74, 6) is 0.980. The molecule has 2 aliphatic rings. The van der Waals surface area contributed by atoms with Crippen LogP contribution in [0.15, 0.2) is 29.4 Å². The van der Waals surface area contributed by atoms with Gasteiger partial charge in [0.25, 0.3) is 0 Å². The van der Waals surface area contributed by atoms with E-state index in [9.17, 15) is 4.79 Å². The van der Waals surface area contributed by atoms with Crippen molar-refractivity contribution in [2.24, 2.45) is 11.0 Å². The molecule has 1 amide bonds.